The molecule has 1 aliphatic heterocycles. The maximum atomic E-state index is 12.4. The number of amides is 1. The van der Waals surface area contributed by atoms with Gasteiger partial charge in [-0.2, -0.15) is 0 Å². The van der Waals surface area contributed by atoms with Crippen LogP contribution in [0.3, 0.4) is 0 Å². The molecule has 2 heterocycles. The van der Waals surface area contributed by atoms with Crippen LogP contribution in [0.4, 0.5) is 9.93 Å². The van der Waals surface area contributed by atoms with Gasteiger partial charge < -0.3 is 10.5 Å². The van der Waals surface area contributed by atoms with Gasteiger partial charge in [0.2, 0.25) is 0 Å². The highest BCUT2D eigenvalue weighted by Gasteiger charge is 2.41. The number of rotatable bonds is 2. The van der Waals surface area contributed by atoms with Gasteiger partial charge in [-0.05, 0) is 26.7 Å². The van der Waals surface area contributed by atoms with E-state index in [9.17, 15) is 4.79 Å². The van der Waals surface area contributed by atoms with E-state index in [1.54, 1.807) is 4.90 Å². The van der Waals surface area contributed by atoms with Crippen molar-refractivity contribution >= 4 is 22.6 Å². The second-order valence-electron chi connectivity index (χ2n) is 6.30. The minimum Gasteiger partial charge on any atom is -0.444 e. The summed E-state index contributed by atoms with van der Waals surface area (Å²) in [7, 11) is 0. The Bertz CT molecular complexity index is 507. The first-order valence-electron chi connectivity index (χ1n) is 6.97. The smallest absolute Gasteiger partial charge is 0.411 e. The zero-order valence-corrected chi connectivity index (χ0v) is 13.6. The van der Waals surface area contributed by atoms with Gasteiger partial charge in [-0.15, -0.1) is 11.3 Å². The van der Waals surface area contributed by atoms with Crippen molar-refractivity contribution in [3.05, 3.63) is 10.6 Å². The molecule has 0 aromatic carbocycles. The van der Waals surface area contributed by atoms with Gasteiger partial charge in [0.05, 0.1) is 23.2 Å². The summed E-state index contributed by atoms with van der Waals surface area (Å²) in [5.41, 5.74) is 6.25. The van der Waals surface area contributed by atoms with Crippen molar-refractivity contribution in [1.82, 2.24) is 9.88 Å². The van der Waals surface area contributed by atoms with E-state index in [1.807, 2.05) is 20.8 Å². The van der Waals surface area contributed by atoms with Crippen molar-refractivity contribution in [1.29, 1.82) is 0 Å². The Labute approximate surface area is 124 Å². The molecule has 5 nitrogen and oxygen atoms in total. The number of hydrogen-bond donors (Lipinski definition) is 1. The molecule has 2 rings (SSSR count). The Balaban J connectivity index is 2.26. The standard InChI is InChI=1S/C14H23N3O2S/c1-6-8(2)11-10-9(20-12(15)16-10)7-17(11)13(18)19-14(3,4)5/h8,11H,6-7H2,1-5H3,(H2,15,16)/t8-,11?/m0/s1. The van der Waals surface area contributed by atoms with Gasteiger partial charge in [0.15, 0.2) is 5.13 Å². The lowest BCUT2D eigenvalue weighted by atomic mass is 9.97. The number of hydrogen-bond acceptors (Lipinski definition) is 5. The Morgan fingerprint density at radius 2 is 2.25 bits per heavy atom. The van der Waals surface area contributed by atoms with Gasteiger partial charge in [0.1, 0.15) is 5.60 Å². The molecular weight excluding hydrogens is 274 g/mol. The SMILES string of the molecule is CC[C@H](C)C1c2nc(N)sc2CN1C(=O)OC(C)(C)C. The van der Waals surface area contributed by atoms with Gasteiger partial charge >= 0.3 is 6.09 Å². The molecule has 0 saturated carbocycles. The first-order chi connectivity index (χ1) is 9.23. The van der Waals surface area contributed by atoms with E-state index in [1.165, 1.54) is 11.3 Å². The summed E-state index contributed by atoms with van der Waals surface area (Å²) >= 11 is 1.46. The maximum Gasteiger partial charge on any atom is 0.411 e. The van der Waals surface area contributed by atoms with E-state index >= 15 is 0 Å². The molecule has 2 atom stereocenters. The van der Waals surface area contributed by atoms with E-state index in [-0.39, 0.29) is 12.1 Å². The number of carbonyl (C=O) groups is 1. The fourth-order valence-corrected chi connectivity index (χ4v) is 3.30. The Morgan fingerprint density at radius 1 is 1.60 bits per heavy atom. The molecule has 6 heteroatoms. The number of nitrogens with zero attached hydrogens (tertiary/aromatic N) is 2. The van der Waals surface area contributed by atoms with Gasteiger partial charge in [-0.3, -0.25) is 4.90 Å². The van der Waals surface area contributed by atoms with E-state index in [4.69, 9.17) is 10.5 Å². The van der Waals surface area contributed by atoms with Gasteiger partial charge in [-0.1, -0.05) is 20.3 Å². The lowest BCUT2D eigenvalue weighted by Gasteiger charge is -2.31. The molecule has 2 N–H and O–H groups in total. The van der Waals surface area contributed by atoms with E-state index in [2.05, 4.69) is 18.8 Å². The first kappa shape index (κ1) is 15.1. The number of anilines is 1. The van der Waals surface area contributed by atoms with Crippen LogP contribution in [0, 0.1) is 5.92 Å². The van der Waals surface area contributed by atoms with Gasteiger partial charge in [0, 0.05) is 0 Å². The van der Waals surface area contributed by atoms with Crippen molar-refractivity contribution in [3.8, 4) is 0 Å². The highest BCUT2D eigenvalue weighted by molar-refractivity contribution is 7.15. The highest BCUT2D eigenvalue weighted by atomic mass is 32.1. The van der Waals surface area contributed by atoms with Crippen LogP contribution in [0.1, 0.15) is 57.7 Å². The summed E-state index contributed by atoms with van der Waals surface area (Å²) in [6, 6.07) is -0.0293. The largest absolute Gasteiger partial charge is 0.444 e. The predicted molar refractivity (Wildman–Crippen MR) is 80.5 cm³/mol. The molecule has 0 radical (unpaired) electrons. The lowest BCUT2D eigenvalue weighted by Crippen LogP contribution is -2.37. The molecule has 1 aromatic rings. The number of nitrogens with two attached hydrogens (primary N) is 1. The third-order valence-corrected chi connectivity index (χ3v) is 4.37. The summed E-state index contributed by atoms with van der Waals surface area (Å²) in [5.74, 6) is 0.324. The second kappa shape index (κ2) is 5.24. The van der Waals surface area contributed by atoms with Crippen LogP contribution in [0.5, 0.6) is 0 Å². The minimum atomic E-state index is -0.487. The zero-order chi connectivity index (χ0) is 15.1. The molecule has 0 spiro atoms. The van der Waals surface area contributed by atoms with Crippen LogP contribution in [-0.4, -0.2) is 21.6 Å². The van der Waals surface area contributed by atoms with Crippen LogP contribution >= 0.6 is 11.3 Å². The van der Waals surface area contributed by atoms with Crippen LogP contribution in [0.2, 0.25) is 0 Å². The van der Waals surface area contributed by atoms with E-state index in [0.717, 1.165) is 17.0 Å². The Morgan fingerprint density at radius 3 is 2.80 bits per heavy atom. The average Bonchev–Trinajstić information content (AvgIpc) is 2.81. The molecule has 0 fully saturated rings. The topological polar surface area (TPSA) is 68.5 Å². The minimum absolute atomic E-state index is 0.0293. The lowest BCUT2D eigenvalue weighted by molar-refractivity contribution is 0.0114. The van der Waals surface area contributed by atoms with E-state index < -0.39 is 5.60 Å². The normalized spacial score (nSPS) is 19.9. The predicted octanol–water partition coefficient (Wildman–Crippen LogP) is 3.56. The van der Waals surface area contributed by atoms with Crippen molar-refractivity contribution in [2.45, 2.75) is 59.2 Å². The summed E-state index contributed by atoms with van der Waals surface area (Å²) in [5, 5.41) is 0.576. The molecule has 112 valence electrons. The van der Waals surface area contributed by atoms with Crippen molar-refractivity contribution in [3.63, 3.8) is 0 Å². The van der Waals surface area contributed by atoms with E-state index in [0.29, 0.717) is 17.6 Å². The highest BCUT2D eigenvalue weighted by Crippen LogP contribution is 2.43. The summed E-state index contributed by atoms with van der Waals surface area (Å²) < 4.78 is 5.51. The molecular formula is C14H23N3O2S. The Hall–Kier alpha value is -1.30. The number of carbonyl (C=O) groups excluding carboxylic acids is 1. The van der Waals surface area contributed by atoms with Crippen LogP contribution in [-0.2, 0) is 11.3 Å². The molecule has 1 aliphatic rings. The molecule has 1 amide bonds. The molecule has 20 heavy (non-hydrogen) atoms. The van der Waals surface area contributed by atoms with Crippen molar-refractivity contribution in [2.24, 2.45) is 5.92 Å². The molecule has 0 aliphatic carbocycles. The van der Waals surface area contributed by atoms with Crippen molar-refractivity contribution < 1.29 is 9.53 Å². The third kappa shape index (κ3) is 2.90. The maximum absolute atomic E-state index is 12.4. The Kier molecular flexibility index (Phi) is 3.95. The van der Waals surface area contributed by atoms with Crippen molar-refractivity contribution in [2.75, 3.05) is 5.73 Å². The zero-order valence-electron chi connectivity index (χ0n) is 12.8. The van der Waals surface area contributed by atoms with Gasteiger partial charge in [0.25, 0.3) is 0 Å². The molecule has 1 unspecified atom stereocenters. The number of nitrogen functional groups attached to an aromatic ring is 1. The number of ether oxygens (including phenoxy) is 1. The molecule has 0 saturated heterocycles. The fourth-order valence-electron chi connectivity index (χ4n) is 2.43. The molecule has 1 aromatic heterocycles. The second-order valence-corrected chi connectivity index (χ2v) is 7.41. The first-order valence-corrected chi connectivity index (χ1v) is 7.79. The third-order valence-electron chi connectivity index (χ3n) is 3.48. The van der Waals surface area contributed by atoms with Crippen LogP contribution in [0.15, 0.2) is 0 Å². The summed E-state index contributed by atoms with van der Waals surface area (Å²) in [6.07, 6.45) is 0.701. The summed E-state index contributed by atoms with van der Waals surface area (Å²) in [4.78, 5) is 19.7. The number of thiazole rings is 1. The quantitative estimate of drug-likeness (QED) is 0.906. The number of fused-ring (bicyclic) bond motifs is 1. The summed E-state index contributed by atoms with van der Waals surface area (Å²) in [6.45, 7) is 10.4. The van der Waals surface area contributed by atoms with Crippen LogP contribution < -0.4 is 5.73 Å². The fraction of sp³-hybridized carbons (Fsp3) is 0.714. The van der Waals surface area contributed by atoms with Crippen LogP contribution in [0.25, 0.3) is 0 Å². The average molecular weight is 297 g/mol. The number of aromatic nitrogens is 1. The monoisotopic (exact) mass is 297 g/mol. The van der Waals surface area contributed by atoms with Gasteiger partial charge in [-0.25, -0.2) is 9.78 Å². The molecule has 0 bridgehead atoms.